The third-order valence-electron chi connectivity index (χ3n) is 2.49. The van der Waals surface area contributed by atoms with E-state index >= 15 is 0 Å². The summed E-state index contributed by atoms with van der Waals surface area (Å²) in [4.78, 5) is 14.3. The molecule has 0 rings (SSSR count). The normalized spacial score (nSPS) is 11.0. The molecule has 16 heavy (non-hydrogen) atoms. The summed E-state index contributed by atoms with van der Waals surface area (Å²) < 4.78 is 0. The quantitative estimate of drug-likeness (QED) is 0.193. The van der Waals surface area contributed by atoms with Crippen LogP contribution >= 0.6 is 0 Å². The molecule has 0 fully saturated rings. The molecule has 0 bridgehead atoms. The fraction of sp³-hybridized carbons (Fsp3) is 0.692. The molecule has 90 valence electrons. The minimum atomic E-state index is -0.160. The van der Waals surface area contributed by atoms with Crippen molar-refractivity contribution in [1.82, 2.24) is 0 Å². The van der Waals surface area contributed by atoms with E-state index in [0.717, 1.165) is 43.9 Å². The van der Waals surface area contributed by atoms with Crippen LogP contribution in [-0.2, 0) is 4.79 Å². The maximum Gasteiger partial charge on any atom is 0.327 e. The first-order valence-corrected chi connectivity index (χ1v) is 6.17. The summed E-state index contributed by atoms with van der Waals surface area (Å²) in [6.45, 7) is 4.25. The van der Waals surface area contributed by atoms with Gasteiger partial charge in [0.2, 0.25) is 0 Å². The van der Waals surface area contributed by atoms with E-state index in [4.69, 9.17) is 5.53 Å². The minimum Gasteiger partial charge on any atom is -0.361 e. The molecule has 0 amide bonds. The average Bonchev–Trinajstić information content (AvgIpc) is 2.28. The average molecular weight is 222 g/mol. The number of Topliss-reactive ketones (excluding diaryl/α,β-unsaturated/α-hetero) is 1. The first-order valence-electron chi connectivity index (χ1n) is 6.17. The van der Waals surface area contributed by atoms with Crippen LogP contribution < -0.4 is 0 Å². The standard InChI is InChI=1S/C13H22N2O/c1-3-5-7-8-10-12(9-6-4-2)13(16)11-15-14/h10-11H,3-9H2,1-2H3/b12-10-. The summed E-state index contributed by atoms with van der Waals surface area (Å²) in [5.41, 5.74) is 9.13. The molecule has 0 N–H and O–H groups in total. The highest BCUT2D eigenvalue weighted by Gasteiger charge is 2.09. The zero-order valence-electron chi connectivity index (χ0n) is 10.4. The highest BCUT2D eigenvalue weighted by Crippen LogP contribution is 2.11. The van der Waals surface area contributed by atoms with E-state index in [2.05, 4.69) is 18.6 Å². The summed E-state index contributed by atoms with van der Waals surface area (Å²) in [6, 6.07) is 0. The van der Waals surface area contributed by atoms with Gasteiger partial charge in [0.15, 0.2) is 0 Å². The van der Waals surface area contributed by atoms with Gasteiger partial charge < -0.3 is 5.53 Å². The fourth-order valence-corrected chi connectivity index (χ4v) is 1.50. The Morgan fingerprint density at radius 3 is 2.44 bits per heavy atom. The number of unbranched alkanes of at least 4 members (excludes halogenated alkanes) is 4. The van der Waals surface area contributed by atoms with Gasteiger partial charge in [0.05, 0.1) is 0 Å². The summed E-state index contributed by atoms with van der Waals surface area (Å²) in [5, 5.41) is 0. The third-order valence-corrected chi connectivity index (χ3v) is 2.49. The van der Waals surface area contributed by atoms with Crippen LogP contribution in [0.1, 0.15) is 58.8 Å². The minimum absolute atomic E-state index is 0.160. The summed E-state index contributed by atoms with van der Waals surface area (Å²) >= 11 is 0. The molecule has 0 aliphatic carbocycles. The number of rotatable bonds is 9. The molecule has 0 heterocycles. The molecule has 0 unspecified atom stereocenters. The van der Waals surface area contributed by atoms with Crippen molar-refractivity contribution in [2.75, 3.05) is 0 Å². The monoisotopic (exact) mass is 222 g/mol. The van der Waals surface area contributed by atoms with Crippen molar-refractivity contribution >= 4 is 12.0 Å². The van der Waals surface area contributed by atoms with Crippen LogP contribution in [0.4, 0.5) is 0 Å². The number of carbonyl (C=O) groups excluding carboxylic acids is 1. The van der Waals surface area contributed by atoms with Crippen molar-refractivity contribution in [2.24, 2.45) is 0 Å². The zero-order chi connectivity index (χ0) is 12.2. The van der Waals surface area contributed by atoms with E-state index in [-0.39, 0.29) is 5.78 Å². The summed E-state index contributed by atoms with van der Waals surface area (Å²) in [7, 11) is 0. The van der Waals surface area contributed by atoms with Crippen LogP contribution in [0.3, 0.4) is 0 Å². The fourth-order valence-electron chi connectivity index (χ4n) is 1.50. The highest BCUT2D eigenvalue weighted by molar-refractivity contribution is 6.33. The van der Waals surface area contributed by atoms with Gasteiger partial charge in [0, 0.05) is 5.57 Å². The van der Waals surface area contributed by atoms with Gasteiger partial charge in [-0.3, -0.25) is 4.79 Å². The van der Waals surface area contributed by atoms with Crippen molar-refractivity contribution in [1.29, 1.82) is 0 Å². The maximum atomic E-state index is 11.5. The molecule has 3 nitrogen and oxygen atoms in total. The third kappa shape index (κ3) is 7.13. The molecule has 0 radical (unpaired) electrons. The molecule has 0 aromatic heterocycles. The second-order valence-corrected chi connectivity index (χ2v) is 3.94. The Labute approximate surface area is 98.2 Å². The van der Waals surface area contributed by atoms with Crippen molar-refractivity contribution in [3.63, 3.8) is 0 Å². The summed E-state index contributed by atoms with van der Waals surface area (Å²) in [6.07, 6.45) is 10.3. The van der Waals surface area contributed by atoms with Gasteiger partial charge in [0.1, 0.15) is 0 Å². The van der Waals surface area contributed by atoms with Crippen LogP contribution in [0.15, 0.2) is 11.6 Å². The number of nitrogens with zero attached hydrogens (tertiary/aromatic N) is 2. The Morgan fingerprint density at radius 1 is 1.19 bits per heavy atom. The zero-order valence-corrected chi connectivity index (χ0v) is 10.4. The van der Waals surface area contributed by atoms with E-state index in [0.29, 0.717) is 0 Å². The number of hydrogen-bond donors (Lipinski definition) is 0. The molecule has 0 aliphatic heterocycles. The van der Waals surface area contributed by atoms with E-state index < -0.39 is 0 Å². The Hall–Kier alpha value is -1.21. The molecular weight excluding hydrogens is 200 g/mol. The Morgan fingerprint density at radius 2 is 1.88 bits per heavy atom. The van der Waals surface area contributed by atoms with Crippen molar-refractivity contribution in [3.05, 3.63) is 17.2 Å². The maximum absolute atomic E-state index is 11.5. The molecule has 3 heteroatoms. The van der Waals surface area contributed by atoms with Crippen LogP contribution in [0, 0.1) is 0 Å². The number of carbonyl (C=O) groups is 1. The van der Waals surface area contributed by atoms with E-state index in [1.54, 1.807) is 0 Å². The van der Waals surface area contributed by atoms with E-state index in [1.165, 1.54) is 12.8 Å². The van der Waals surface area contributed by atoms with E-state index in [1.807, 2.05) is 6.08 Å². The van der Waals surface area contributed by atoms with Gasteiger partial charge in [-0.15, -0.1) is 0 Å². The molecular formula is C13H22N2O. The molecule has 0 saturated carbocycles. The summed E-state index contributed by atoms with van der Waals surface area (Å²) in [5.74, 6) is -0.160. The van der Waals surface area contributed by atoms with Crippen LogP contribution in [0.5, 0.6) is 0 Å². The Bertz CT molecular complexity index is 276. The van der Waals surface area contributed by atoms with Gasteiger partial charge in [-0.05, 0) is 25.7 Å². The lowest BCUT2D eigenvalue weighted by Crippen LogP contribution is -2.04. The molecule has 0 atom stereocenters. The first kappa shape index (κ1) is 14.8. The van der Waals surface area contributed by atoms with Crippen molar-refractivity contribution in [2.45, 2.75) is 58.8 Å². The van der Waals surface area contributed by atoms with Crippen LogP contribution in [0.2, 0.25) is 0 Å². The van der Waals surface area contributed by atoms with Gasteiger partial charge in [-0.2, -0.15) is 4.79 Å². The van der Waals surface area contributed by atoms with Crippen molar-refractivity contribution < 1.29 is 9.58 Å². The van der Waals surface area contributed by atoms with Crippen LogP contribution in [-0.4, -0.2) is 16.8 Å². The lowest BCUT2D eigenvalue weighted by molar-refractivity contribution is -0.113. The second kappa shape index (κ2) is 10.3. The number of ketones is 1. The SMILES string of the molecule is CCCCC/C=C(/CCCC)C(=O)C=[N+]=[N-]. The Kier molecular flexibility index (Phi) is 9.53. The lowest BCUT2D eigenvalue weighted by atomic mass is 10.0. The predicted octanol–water partition coefficient (Wildman–Crippen LogP) is 3.55. The smallest absolute Gasteiger partial charge is 0.327 e. The number of hydrogen-bond acceptors (Lipinski definition) is 1. The van der Waals surface area contributed by atoms with Gasteiger partial charge in [-0.25, -0.2) is 0 Å². The lowest BCUT2D eigenvalue weighted by Gasteiger charge is -2.00. The van der Waals surface area contributed by atoms with Gasteiger partial charge in [0.25, 0.3) is 5.78 Å². The molecule has 0 saturated heterocycles. The van der Waals surface area contributed by atoms with E-state index in [9.17, 15) is 4.79 Å². The largest absolute Gasteiger partial charge is 0.361 e. The second-order valence-electron chi connectivity index (χ2n) is 3.94. The number of allylic oxidation sites excluding steroid dienone is 2. The highest BCUT2D eigenvalue weighted by atomic mass is 16.1. The first-order chi connectivity index (χ1) is 7.76. The van der Waals surface area contributed by atoms with Gasteiger partial charge >= 0.3 is 6.21 Å². The molecule has 0 aliphatic rings. The Balaban J connectivity index is 4.28. The van der Waals surface area contributed by atoms with Crippen LogP contribution in [0.25, 0.3) is 5.53 Å². The predicted molar refractivity (Wildman–Crippen MR) is 66.4 cm³/mol. The molecule has 0 spiro atoms. The van der Waals surface area contributed by atoms with Gasteiger partial charge in [-0.1, -0.05) is 39.2 Å². The van der Waals surface area contributed by atoms with Crippen molar-refractivity contribution in [3.8, 4) is 0 Å². The topological polar surface area (TPSA) is 53.5 Å². The molecule has 0 aromatic carbocycles. The molecule has 0 aromatic rings.